The van der Waals surface area contributed by atoms with E-state index in [1.807, 2.05) is 39.0 Å². The van der Waals surface area contributed by atoms with Crippen LogP contribution in [0.1, 0.15) is 71.6 Å². The molecule has 1 aromatic carbocycles. The highest BCUT2D eigenvalue weighted by atomic mass is 16.5. The van der Waals surface area contributed by atoms with E-state index < -0.39 is 11.8 Å². The summed E-state index contributed by atoms with van der Waals surface area (Å²) in [7, 11) is 0. The number of hydrogen-bond donors (Lipinski definition) is 3. The third-order valence-corrected chi connectivity index (χ3v) is 5.01. The van der Waals surface area contributed by atoms with Crippen molar-refractivity contribution in [3.63, 3.8) is 0 Å². The number of aryl methyl sites for hydroxylation is 1. The predicted octanol–water partition coefficient (Wildman–Crippen LogP) is 3.00. The summed E-state index contributed by atoms with van der Waals surface area (Å²) in [6, 6.07) is 5.47. The summed E-state index contributed by atoms with van der Waals surface area (Å²) < 4.78 is 5.66. The van der Waals surface area contributed by atoms with E-state index in [-0.39, 0.29) is 23.2 Å². The fourth-order valence-corrected chi connectivity index (χ4v) is 4.31. The minimum atomic E-state index is -0.620. The molecule has 1 unspecified atom stereocenters. The van der Waals surface area contributed by atoms with E-state index in [0.29, 0.717) is 6.61 Å². The van der Waals surface area contributed by atoms with Gasteiger partial charge in [-0.2, -0.15) is 0 Å². The molecule has 2 amide bonds. The molecule has 1 fully saturated rings. The van der Waals surface area contributed by atoms with Crippen LogP contribution in [0.2, 0.25) is 0 Å². The van der Waals surface area contributed by atoms with Gasteiger partial charge < -0.3 is 20.7 Å². The Hall–Kier alpha value is -2.08. The average Bonchev–Trinajstić information content (AvgIpc) is 2.53. The van der Waals surface area contributed by atoms with Gasteiger partial charge in [0.1, 0.15) is 5.75 Å². The van der Waals surface area contributed by atoms with E-state index >= 15 is 0 Å². The third kappa shape index (κ3) is 5.96. The highest BCUT2D eigenvalue weighted by Crippen LogP contribution is 2.29. The average molecular weight is 390 g/mol. The van der Waals surface area contributed by atoms with Crippen LogP contribution >= 0.6 is 0 Å². The van der Waals surface area contributed by atoms with Crippen LogP contribution in [0.3, 0.4) is 0 Å². The van der Waals surface area contributed by atoms with Crippen LogP contribution in [0.4, 0.5) is 0 Å². The van der Waals surface area contributed by atoms with Gasteiger partial charge >= 0.3 is 11.8 Å². The molecule has 0 spiro atoms. The summed E-state index contributed by atoms with van der Waals surface area (Å²) in [5, 5.41) is 9.30. The largest absolute Gasteiger partial charge is 0.494 e. The maximum Gasteiger partial charge on any atom is 0.309 e. The number of hydrogen-bond acceptors (Lipinski definition) is 4. The second kappa shape index (κ2) is 8.52. The molecule has 1 saturated heterocycles. The molecular formula is C22H35N3O3. The minimum absolute atomic E-state index is 0.0437. The van der Waals surface area contributed by atoms with Crippen molar-refractivity contribution in [1.29, 1.82) is 0 Å². The van der Waals surface area contributed by atoms with E-state index in [1.165, 1.54) is 0 Å². The van der Waals surface area contributed by atoms with Crippen LogP contribution in [0.15, 0.2) is 18.2 Å². The van der Waals surface area contributed by atoms with Gasteiger partial charge in [-0.3, -0.25) is 9.59 Å². The van der Waals surface area contributed by atoms with Crippen molar-refractivity contribution in [2.24, 2.45) is 0 Å². The molecule has 0 bridgehead atoms. The molecule has 1 aromatic rings. The van der Waals surface area contributed by atoms with Crippen LogP contribution in [-0.2, 0) is 9.59 Å². The second-order valence-electron chi connectivity index (χ2n) is 9.14. The van der Waals surface area contributed by atoms with Gasteiger partial charge in [-0.1, -0.05) is 17.7 Å². The molecule has 0 radical (unpaired) electrons. The normalized spacial score (nSPS) is 19.5. The Morgan fingerprint density at radius 3 is 2.36 bits per heavy atom. The van der Waals surface area contributed by atoms with E-state index in [2.05, 4.69) is 43.6 Å². The molecule has 1 aliphatic rings. The lowest BCUT2D eigenvalue weighted by molar-refractivity contribution is -0.140. The first-order valence-electron chi connectivity index (χ1n) is 10.1. The van der Waals surface area contributed by atoms with E-state index in [9.17, 15) is 9.59 Å². The van der Waals surface area contributed by atoms with Crippen LogP contribution in [0, 0.1) is 6.92 Å². The lowest BCUT2D eigenvalue weighted by atomic mass is 9.79. The summed E-state index contributed by atoms with van der Waals surface area (Å²) in [6.45, 7) is 14.8. The molecule has 1 atom stereocenters. The number of nitrogens with one attached hydrogen (secondary N) is 3. The maximum absolute atomic E-state index is 12.5. The number of benzene rings is 1. The summed E-state index contributed by atoms with van der Waals surface area (Å²) in [5.41, 5.74) is 1.74. The Morgan fingerprint density at radius 1 is 1.18 bits per heavy atom. The number of piperidine rings is 1. The molecule has 3 N–H and O–H groups in total. The molecule has 0 aliphatic carbocycles. The quantitative estimate of drug-likeness (QED) is 0.677. The first-order chi connectivity index (χ1) is 12.9. The van der Waals surface area contributed by atoms with Gasteiger partial charge in [0.05, 0.1) is 12.6 Å². The molecule has 0 aromatic heterocycles. The number of ether oxygens (including phenoxy) is 1. The summed E-state index contributed by atoms with van der Waals surface area (Å²) in [4.78, 5) is 25.0. The lowest BCUT2D eigenvalue weighted by Crippen LogP contribution is -2.62. The summed E-state index contributed by atoms with van der Waals surface area (Å²) in [5.74, 6) is -0.482. The van der Waals surface area contributed by atoms with Gasteiger partial charge in [-0.05, 0) is 67.4 Å². The van der Waals surface area contributed by atoms with Gasteiger partial charge in [0.2, 0.25) is 0 Å². The van der Waals surface area contributed by atoms with Gasteiger partial charge in [-0.25, -0.2) is 0 Å². The standard InChI is InChI=1S/C22H35N3O3/c1-8-28-18-10-9-14(2)11-17(18)15(3)23-19(26)20(27)24-16-12-21(4,5)25-22(6,7)13-16/h9-11,15-16,25H,8,12-13H2,1-7H3,(H,23,26)(H,24,27). The predicted molar refractivity (Wildman–Crippen MR) is 111 cm³/mol. The molecule has 1 aliphatic heterocycles. The fraction of sp³-hybridized carbons (Fsp3) is 0.636. The molecular weight excluding hydrogens is 354 g/mol. The Morgan fingerprint density at radius 2 is 1.79 bits per heavy atom. The zero-order valence-corrected chi connectivity index (χ0v) is 18.2. The number of rotatable bonds is 5. The van der Waals surface area contributed by atoms with Crippen molar-refractivity contribution >= 4 is 11.8 Å². The Bertz CT molecular complexity index is 712. The summed E-state index contributed by atoms with van der Waals surface area (Å²) in [6.07, 6.45) is 1.55. The highest BCUT2D eigenvalue weighted by molar-refractivity contribution is 6.35. The van der Waals surface area contributed by atoms with Crippen molar-refractivity contribution in [1.82, 2.24) is 16.0 Å². The van der Waals surface area contributed by atoms with Crippen molar-refractivity contribution in [2.75, 3.05) is 6.61 Å². The van der Waals surface area contributed by atoms with Crippen LogP contribution in [-0.4, -0.2) is 35.5 Å². The van der Waals surface area contributed by atoms with Gasteiger partial charge in [0.25, 0.3) is 0 Å². The molecule has 0 saturated carbocycles. The zero-order chi connectivity index (χ0) is 21.1. The molecule has 1 heterocycles. The Kier molecular flexibility index (Phi) is 6.75. The van der Waals surface area contributed by atoms with Crippen molar-refractivity contribution in [2.45, 2.75) is 84.5 Å². The van der Waals surface area contributed by atoms with E-state index in [0.717, 1.165) is 29.7 Å². The lowest BCUT2D eigenvalue weighted by Gasteiger charge is -2.46. The van der Waals surface area contributed by atoms with Crippen LogP contribution < -0.4 is 20.7 Å². The highest BCUT2D eigenvalue weighted by Gasteiger charge is 2.38. The first-order valence-corrected chi connectivity index (χ1v) is 10.1. The van der Waals surface area contributed by atoms with Gasteiger partial charge in [0.15, 0.2) is 0 Å². The Labute approximate surface area is 168 Å². The smallest absolute Gasteiger partial charge is 0.309 e. The Balaban J connectivity index is 2.02. The molecule has 6 heteroatoms. The van der Waals surface area contributed by atoms with Gasteiger partial charge in [-0.15, -0.1) is 0 Å². The number of carbonyl (C=O) groups is 2. The van der Waals surface area contributed by atoms with Crippen molar-refractivity contribution in [3.8, 4) is 5.75 Å². The monoisotopic (exact) mass is 389 g/mol. The van der Waals surface area contributed by atoms with Crippen molar-refractivity contribution < 1.29 is 14.3 Å². The zero-order valence-electron chi connectivity index (χ0n) is 18.2. The topological polar surface area (TPSA) is 79.5 Å². The number of amides is 2. The maximum atomic E-state index is 12.5. The van der Waals surface area contributed by atoms with Crippen LogP contribution in [0.5, 0.6) is 5.75 Å². The van der Waals surface area contributed by atoms with E-state index in [4.69, 9.17) is 4.74 Å². The van der Waals surface area contributed by atoms with Crippen molar-refractivity contribution in [3.05, 3.63) is 29.3 Å². The third-order valence-electron chi connectivity index (χ3n) is 5.01. The number of carbonyl (C=O) groups excluding carboxylic acids is 2. The second-order valence-corrected chi connectivity index (χ2v) is 9.14. The molecule has 6 nitrogen and oxygen atoms in total. The van der Waals surface area contributed by atoms with E-state index in [1.54, 1.807) is 0 Å². The summed E-state index contributed by atoms with van der Waals surface area (Å²) >= 11 is 0. The SMILES string of the molecule is CCOc1ccc(C)cc1C(C)NC(=O)C(=O)NC1CC(C)(C)NC(C)(C)C1. The van der Waals surface area contributed by atoms with Crippen LogP contribution in [0.25, 0.3) is 0 Å². The van der Waals surface area contributed by atoms with Gasteiger partial charge in [0, 0.05) is 22.7 Å². The molecule has 2 rings (SSSR count). The minimum Gasteiger partial charge on any atom is -0.494 e. The first kappa shape index (κ1) is 22.2. The molecule has 28 heavy (non-hydrogen) atoms. The molecule has 156 valence electrons. The fourth-order valence-electron chi connectivity index (χ4n) is 4.31.